The Morgan fingerprint density at radius 1 is 1.33 bits per heavy atom. The number of thiophene rings is 1. The SMILES string of the molecule is CC(=O)Oc1cc2c(s1)CCN(C(C(=O)O)c1ccc(Cl)cc1)C2. The molecule has 0 radical (unpaired) electrons. The fourth-order valence-electron chi connectivity index (χ4n) is 2.89. The van der Waals surface area contributed by atoms with Crippen molar-refractivity contribution < 1.29 is 19.4 Å². The van der Waals surface area contributed by atoms with Gasteiger partial charge < -0.3 is 9.84 Å². The largest absolute Gasteiger partial charge is 0.480 e. The molecule has 1 aliphatic heterocycles. The number of benzene rings is 1. The number of carbonyl (C=O) groups excluding carboxylic acids is 1. The van der Waals surface area contributed by atoms with Crippen LogP contribution >= 0.6 is 22.9 Å². The molecule has 0 fully saturated rings. The highest BCUT2D eigenvalue weighted by Crippen LogP contribution is 2.36. The summed E-state index contributed by atoms with van der Waals surface area (Å²) in [6.07, 6.45) is 0.735. The molecule has 24 heavy (non-hydrogen) atoms. The molecule has 1 unspecified atom stereocenters. The molecule has 1 N–H and O–H groups in total. The number of esters is 1. The Hall–Kier alpha value is -1.89. The first-order valence-corrected chi connectivity index (χ1v) is 8.66. The number of rotatable bonds is 4. The van der Waals surface area contributed by atoms with E-state index < -0.39 is 12.0 Å². The second-order valence-electron chi connectivity index (χ2n) is 5.62. The lowest BCUT2D eigenvalue weighted by Gasteiger charge is -2.32. The van der Waals surface area contributed by atoms with Gasteiger partial charge in [-0.1, -0.05) is 23.7 Å². The van der Waals surface area contributed by atoms with Gasteiger partial charge in [-0.2, -0.15) is 0 Å². The molecule has 3 rings (SSSR count). The number of fused-ring (bicyclic) bond motifs is 1. The molecule has 126 valence electrons. The van der Waals surface area contributed by atoms with E-state index >= 15 is 0 Å². The van der Waals surface area contributed by atoms with Gasteiger partial charge in [0.15, 0.2) is 5.06 Å². The van der Waals surface area contributed by atoms with Crippen LogP contribution in [0.4, 0.5) is 0 Å². The molecule has 0 aliphatic carbocycles. The Kier molecular flexibility index (Phi) is 4.89. The molecule has 1 aliphatic rings. The minimum Gasteiger partial charge on any atom is -0.480 e. The number of halogens is 1. The highest BCUT2D eigenvalue weighted by atomic mass is 35.5. The van der Waals surface area contributed by atoms with Crippen molar-refractivity contribution in [2.24, 2.45) is 0 Å². The van der Waals surface area contributed by atoms with Crippen LogP contribution < -0.4 is 4.74 Å². The number of ether oxygens (including phenoxy) is 1. The van der Waals surface area contributed by atoms with Gasteiger partial charge in [0.1, 0.15) is 6.04 Å². The van der Waals surface area contributed by atoms with Crippen LogP contribution in [0.1, 0.15) is 29.0 Å². The summed E-state index contributed by atoms with van der Waals surface area (Å²) in [4.78, 5) is 25.9. The van der Waals surface area contributed by atoms with Crippen molar-refractivity contribution in [1.82, 2.24) is 4.90 Å². The van der Waals surface area contributed by atoms with Gasteiger partial charge in [0.05, 0.1) is 0 Å². The van der Waals surface area contributed by atoms with E-state index in [4.69, 9.17) is 16.3 Å². The highest BCUT2D eigenvalue weighted by molar-refractivity contribution is 7.14. The predicted molar refractivity (Wildman–Crippen MR) is 91.6 cm³/mol. The first-order chi connectivity index (χ1) is 11.4. The van der Waals surface area contributed by atoms with Crippen LogP contribution in [0.2, 0.25) is 5.02 Å². The third kappa shape index (κ3) is 3.61. The van der Waals surface area contributed by atoms with E-state index in [-0.39, 0.29) is 5.97 Å². The number of carboxylic acids is 1. The molecule has 0 amide bonds. The van der Waals surface area contributed by atoms with Crippen molar-refractivity contribution in [3.05, 3.63) is 51.4 Å². The lowest BCUT2D eigenvalue weighted by atomic mass is 10.0. The zero-order valence-electron chi connectivity index (χ0n) is 13.0. The summed E-state index contributed by atoms with van der Waals surface area (Å²) in [6.45, 7) is 2.51. The van der Waals surface area contributed by atoms with E-state index in [9.17, 15) is 14.7 Å². The fraction of sp³-hybridized carbons (Fsp3) is 0.294. The van der Waals surface area contributed by atoms with Crippen LogP contribution in [0.25, 0.3) is 0 Å². The topological polar surface area (TPSA) is 66.8 Å². The van der Waals surface area contributed by atoms with Crippen molar-refractivity contribution in [1.29, 1.82) is 0 Å². The minimum absolute atomic E-state index is 0.352. The molecule has 0 saturated carbocycles. The molecule has 5 nitrogen and oxygen atoms in total. The van der Waals surface area contributed by atoms with Gasteiger partial charge in [-0.3, -0.25) is 14.5 Å². The molecule has 0 saturated heterocycles. The van der Waals surface area contributed by atoms with Crippen molar-refractivity contribution >= 4 is 34.9 Å². The standard InChI is InChI=1S/C17H16ClNO4S/c1-10(20)23-15-8-12-9-19(7-6-14(12)24-15)16(17(21)22)11-2-4-13(18)5-3-11/h2-5,8,16H,6-7,9H2,1H3,(H,21,22). The van der Waals surface area contributed by atoms with Crippen LogP contribution in [0.15, 0.2) is 30.3 Å². The van der Waals surface area contributed by atoms with Crippen LogP contribution in [0, 0.1) is 0 Å². The summed E-state index contributed by atoms with van der Waals surface area (Å²) in [5.41, 5.74) is 1.72. The first-order valence-electron chi connectivity index (χ1n) is 7.46. The maximum atomic E-state index is 11.8. The number of aliphatic carboxylic acids is 1. The van der Waals surface area contributed by atoms with Gasteiger partial charge in [0.25, 0.3) is 0 Å². The Balaban J connectivity index is 1.83. The molecular weight excluding hydrogens is 350 g/mol. The van der Waals surface area contributed by atoms with Gasteiger partial charge in [-0.25, -0.2) is 0 Å². The molecule has 1 aromatic heterocycles. The summed E-state index contributed by atoms with van der Waals surface area (Å²) in [6, 6.07) is 7.99. The number of carboxylic acid groups (broad SMARTS) is 1. The van der Waals surface area contributed by atoms with Crippen LogP contribution in [-0.2, 0) is 22.6 Å². The summed E-state index contributed by atoms with van der Waals surface area (Å²) < 4.78 is 5.14. The summed E-state index contributed by atoms with van der Waals surface area (Å²) in [7, 11) is 0. The Morgan fingerprint density at radius 3 is 2.67 bits per heavy atom. The van der Waals surface area contributed by atoms with Gasteiger partial charge in [-0.05, 0) is 35.7 Å². The third-order valence-electron chi connectivity index (χ3n) is 3.90. The van der Waals surface area contributed by atoms with Crippen molar-refractivity contribution in [2.75, 3.05) is 6.54 Å². The second-order valence-corrected chi connectivity index (χ2v) is 7.16. The molecule has 1 atom stereocenters. The van der Waals surface area contributed by atoms with E-state index in [0.717, 1.165) is 16.9 Å². The normalized spacial score (nSPS) is 15.6. The lowest BCUT2D eigenvalue weighted by molar-refractivity contribution is -0.144. The van der Waals surface area contributed by atoms with E-state index in [1.165, 1.54) is 18.3 Å². The molecule has 1 aromatic carbocycles. The van der Waals surface area contributed by atoms with Crippen LogP contribution in [-0.4, -0.2) is 28.5 Å². The predicted octanol–water partition coefficient (Wildman–Crippen LogP) is 3.51. The second kappa shape index (κ2) is 6.93. The van der Waals surface area contributed by atoms with Crippen molar-refractivity contribution in [3.63, 3.8) is 0 Å². The Labute approximate surface area is 148 Å². The molecule has 2 aromatic rings. The van der Waals surface area contributed by atoms with Gasteiger partial charge in [-0.15, -0.1) is 11.3 Å². The smallest absolute Gasteiger partial charge is 0.325 e. The van der Waals surface area contributed by atoms with Crippen LogP contribution in [0.5, 0.6) is 5.06 Å². The Bertz CT molecular complexity index is 771. The van der Waals surface area contributed by atoms with E-state index in [1.54, 1.807) is 24.3 Å². The number of hydrogen-bond acceptors (Lipinski definition) is 5. The van der Waals surface area contributed by atoms with Gasteiger partial charge in [0.2, 0.25) is 0 Å². The molecule has 7 heteroatoms. The maximum absolute atomic E-state index is 11.8. The highest BCUT2D eigenvalue weighted by Gasteiger charge is 2.31. The number of hydrogen-bond donors (Lipinski definition) is 1. The maximum Gasteiger partial charge on any atom is 0.325 e. The summed E-state index contributed by atoms with van der Waals surface area (Å²) in [5, 5.41) is 10.8. The zero-order chi connectivity index (χ0) is 17.3. The minimum atomic E-state index is -0.892. The van der Waals surface area contributed by atoms with Crippen LogP contribution in [0.3, 0.4) is 0 Å². The van der Waals surface area contributed by atoms with Gasteiger partial charge >= 0.3 is 11.9 Å². The monoisotopic (exact) mass is 365 g/mol. The van der Waals surface area contributed by atoms with E-state index in [1.807, 2.05) is 11.0 Å². The van der Waals surface area contributed by atoms with E-state index in [2.05, 4.69) is 0 Å². The van der Waals surface area contributed by atoms with E-state index in [0.29, 0.717) is 28.7 Å². The average Bonchev–Trinajstić information content (AvgIpc) is 2.89. The Morgan fingerprint density at radius 2 is 2.04 bits per heavy atom. The summed E-state index contributed by atoms with van der Waals surface area (Å²) in [5.74, 6) is -1.24. The average molecular weight is 366 g/mol. The quantitative estimate of drug-likeness (QED) is 0.840. The lowest BCUT2D eigenvalue weighted by Crippen LogP contribution is -2.37. The molecule has 0 spiro atoms. The number of carbonyl (C=O) groups is 2. The summed E-state index contributed by atoms with van der Waals surface area (Å²) >= 11 is 7.34. The molecule has 2 heterocycles. The third-order valence-corrected chi connectivity index (χ3v) is 5.27. The van der Waals surface area contributed by atoms with Crippen molar-refractivity contribution in [2.45, 2.75) is 25.9 Å². The van der Waals surface area contributed by atoms with Crippen molar-refractivity contribution in [3.8, 4) is 5.06 Å². The fourth-order valence-corrected chi connectivity index (χ4v) is 4.07. The molecule has 0 bridgehead atoms. The molecular formula is C17H16ClNO4S. The first kappa shape index (κ1) is 17.0. The number of nitrogens with zero attached hydrogens (tertiary/aromatic N) is 1. The van der Waals surface area contributed by atoms with Gasteiger partial charge in [0, 0.05) is 29.9 Å². The zero-order valence-corrected chi connectivity index (χ0v) is 14.6.